The number of benzene rings is 1. The monoisotopic (exact) mass is 256 g/mol. The number of rotatable bonds is 2. The van der Waals surface area contributed by atoms with Gasteiger partial charge >= 0.3 is 0 Å². The summed E-state index contributed by atoms with van der Waals surface area (Å²) in [6.45, 7) is 3.16. The van der Waals surface area contributed by atoms with Crippen molar-refractivity contribution in [3.63, 3.8) is 0 Å². The third-order valence-corrected chi connectivity index (χ3v) is 2.27. The van der Waals surface area contributed by atoms with Crippen molar-refractivity contribution in [2.24, 2.45) is 0 Å². The summed E-state index contributed by atoms with van der Waals surface area (Å²) in [6.07, 6.45) is 1.42. The zero-order valence-electron chi connectivity index (χ0n) is 7.97. The van der Waals surface area contributed by atoms with Crippen LogP contribution < -0.4 is 0 Å². The second-order valence-electron chi connectivity index (χ2n) is 3.06. The highest BCUT2D eigenvalue weighted by molar-refractivity contribution is 9.10. The van der Waals surface area contributed by atoms with E-state index in [4.69, 9.17) is 0 Å². The molecule has 0 fully saturated rings. The van der Waals surface area contributed by atoms with Crippen molar-refractivity contribution >= 4 is 27.3 Å². The Morgan fingerprint density at radius 2 is 2.07 bits per heavy atom. The fraction of sp³-hybridized carbons (Fsp3) is 0.182. The van der Waals surface area contributed by atoms with Crippen LogP contribution in [0.25, 0.3) is 5.57 Å². The molecular formula is C11H10BrFO. The van der Waals surface area contributed by atoms with Crippen LogP contribution in [0.2, 0.25) is 0 Å². The number of halogens is 2. The van der Waals surface area contributed by atoms with Gasteiger partial charge in [0.1, 0.15) is 5.82 Å². The molecule has 1 aromatic rings. The minimum Gasteiger partial charge on any atom is -0.295 e. The quantitative estimate of drug-likeness (QED) is 0.740. The van der Waals surface area contributed by atoms with Crippen molar-refractivity contribution in [1.82, 2.24) is 0 Å². The van der Waals surface area contributed by atoms with Crippen LogP contribution in [-0.4, -0.2) is 5.78 Å². The average molecular weight is 257 g/mol. The molecule has 0 aliphatic carbocycles. The minimum absolute atomic E-state index is 0.0816. The van der Waals surface area contributed by atoms with E-state index in [-0.39, 0.29) is 11.6 Å². The average Bonchev–Trinajstić information content (AvgIpc) is 2.08. The Balaban J connectivity index is 3.18. The van der Waals surface area contributed by atoms with Crippen molar-refractivity contribution in [2.45, 2.75) is 13.8 Å². The summed E-state index contributed by atoms with van der Waals surface area (Å²) >= 11 is 3.25. The molecule has 0 unspecified atom stereocenters. The summed E-state index contributed by atoms with van der Waals surface area (Å²) in [4.78, 5) is 10.8. The Labute approximate surface area is 90.8 Å². The zero-order chi connectivity index (χ0) is 10.7. The van der Waals surface area contributed by atoms with Crippen LogP contribution in [0.15, 0.2) is 28.7 Å². The summed E-state index contributed by atoms with van der Waals surface area (Å²) < 4.78 is 14.1. The summed E-state index contributed by atoms with van der Waals surface area (Å²) in [7, 11) is 0. The summed E-state index contributed by atoms with van der Waals surface area (Å²) in [5.74, 6) is -0.398. The molecule has 0 saturated heterocycles. The fourth-order valence-corrected chi connectivity index (χ4v) is 1.54. The predicted molar refractivity (Wildman–Crippen MR) is 58.4 cm³/mol. The molecule has 14 heavy (non-hydrogen) atoms. The molecule has 1 nitrogen and oxygen atoms in total. The van der Waals surface area contributed by atoms with E-state index in [0.29, 0.717) is 11.1 Å². The van der Waals surface area contributed by atoms with Gasteiger partial charge in [-0.3, -0.25) is 4.79 Å². The molecule has 0 atom stereocenters. The number of allylic oxidation sites excluding steroid dienone is 2. The second kappa shape index (κ2) is 4.51. The number of carbonyl (C=O) groups excluding carboxylic acids is 1. The van der Waals surface area contributed by atoms with E-state index >= 15 is 0 Å². The smallest absolute Gasteiger partial charge is 0.152 e. The van der Waals surface area contributed by atoms with Gasteiger partial charge < -0.3 is 0 Å². The van der Waals surface area contributed by atoms with E-state index in [1.54, 1.807) is 19.1 Å². The molecule has 0 radical (unpaired) electrons. The summed E-state index contributed by atoms with van der Waals surface area (Å²) in [5, 5.41) is 0. The van der Waals surface area contributed by atoms with Crippen LogP contribution in [0.4, 0.5) is 4.39 Å². The Bertz CT molecular complexity index is 396. The Kier molecular flexibility index (Phi) is 3.58. The molecule has 0 N–H and O–H groups in total. The fourth-order valence-electron chi connectivity index (χ4n) is 1.18. The lowest BCUT2D eigenvalue weighted by Crippen LogP contribution is -1.90. The van der Waals surface area contributed by atoms with Gasteiger partial charge in [-0.25, -0.2) is 4.39 Å². The molecular weight excluding hydrogens is 247 g/mol. The van der Waals surface area contributed by atoms with Crippen molar-refractivity contribution in [3.05, 3.63) is 40.1 Å². The minimum atomic E-state index is -0.316. The maximum atomic E-state index is 13.3. The van der Waals surface area contributed by atoms with E-state index in [0.717, 1.165) is 4.47 Å². The second-order valence-corrected chi connectivity index (χ2v) is 3.98. The first-order chi connectivity index (χ1) is 6.50. The molecule has 0 spiro atoms. The van der Waals surface area contributed by atoms with Gasteiger partial charge in [-0.1, -0.05) is 15.9 Å². The first-order valence-corrected chi connectivity index (χ1v) is 4.94. The normalized spacial score (nSPS) is 11.6. The van der Waals surface area contributed by atoms with Gasteiger partial charge in [0.05, 0.1) is 0 Å². The van der Waals surface area contributed by atoms with E-state index in [2.05, 4.69) is 15.9 Å². The molecule has 74 valence electrons. The van der Waals surface area contributed by atoms with Gasteiger partial charge in [0.25, 0.3) is 0 Å². The van der Waals surface area contributed by atoms with Gasteiger partial charge in [-0.05, 0) is 43.7 Å². The predicted octanol–water partition coefficient (Wildman–Crippen LogP) is 3.58. The molecule has 1 rings (SSSR count). The maximum absolute atomic E-state index is 13.3. The maximum Gasteiger partial charge on any atom is 0.152 e. The van der Waals surface area contributed by atoms with Crippen LogP contribution in [0.5, 0.6) is 0 Å². The summed E-state index contributed by atoms with van der Waals surface area (Å²) in [5.41, 5.74) is 1.09. The first-order valence-electron chi connectivity index (χ1n) is 4.15. The molecule has 3 heteroatoms. The molecule has 0 aliphatic heterocycles. The molecule has 0 amide bonds. The topological polar surface area (TPSA) is 17.1 Å². The van der Waals surface area contributed by atoms with Crippen molar-refractivity contribution < 1.29 is 9.18 Å². The lowest BCUT2D eigenvalue weighted by atomic mass is 10.1. The highest BCUT2D eigenvalue weighted by Gasteiger charge is 2.04. The van der Waals surface area contributed by atoms with Crippen LogP contribution in [-0.2, 0) is 4.79 Å². The third kappa shape index (κ3) is 2.77. The Hall–Kier alpha value is -0.960. The number of ketones is 1. The van der Waals surface area contributed by atoms with E-state index in [1.807, 2.05) is 0 Å². The molecule has 0 aliphatic rings. The summed E-state index contributed by atoms with van der Waals surface area (Å²) in [6, 6.07) is 4.65. The van der Waals surface area contributed by atoms with E-state index in [9.17, 15) is 9.18 Å². The van der Waals surface area contributed by atoms with Crippen molar-refractivity contribution in [3.8, 4) is 0 Å². The van der Waals surface area contributed by atoms with Crippen LogP contribution in [0.3, 0.4) is 0 Å². The van der Waals surface area contributed by atoms with Crippen LogP contribution in [0.1, 0.15) is 19.4 Å². The van der Waals surface area contributed by atoms with Crippen LogP contribution >= 0.6 is 15.9 Å². The van der Waals surface area contributed by atoms with E-state index < -0.39 is 0 Å². The van der Waals surface area contributed by atoms with E-state index in [1.165, 1.54) is 19.1 Å². The van der Waals surface area contributed by atoms with Crippen LogP contribution in [0, 0.1) is 5.82 Å². The van der Waals surface area contributed by atoms with Gasteiger partial charge in [-0.2, -0.15) is 0 Å². The number of hydrogen-bond donors (Lipinski definition) is 0. The highest BCUT2D eigenvalue weighted by Crippen LogP contribution is 2.22. The SMILES string of the molecule is CC(=O)/C=C(\C)c1cc(Br)ccc1F. The van der Waals surface area contributed by atoms with Gasteiger partial charge in [0.2, 0.25) is 0 Å². The molecule has 0 aromatic heterocycles. The Morgan fingerprint density at radius 3 is 2.64 bits per heavy atom. The first kappa shape index (κ1) is 11.1. The third-order valence-electron chi connectivity index (χ3n) is 1.77. The highest BCUT2D eigenvalue weighted by atomic mass is 79.9. The molecule has 0 saturated carbocycles. The molecule has 1 aromatic carbocycles. The molecule has 0 heterocycles. The number of carbonyl (C=O) groups is 1. The largest absolute Gasteiger partial charge is 0.295 e. The van der Waals surface area contributed by atoms with Gasteiger partial charge in [-0.15, -0.1) is 0 Å². The number of hydrogen-bond acceptors (Lipinski definition) is 1. The Morgan fingerprint density at radius 1 is 1.43 bits per heavy atom. The standard InChI is InChI=1S/C11H10BrFO/c1-7(5-8(2)14)10-6-9(12)3-4-11(10)13/h3-6H,1-2H3/b7-5+. The zero-order valence-corrected chi connectivity index (χ0v) is 9.56. The lowest BCUT2D eigenvalue weighted by Gasteiger charge is -2.03. The van der Waals surface area contributed by atoms with Gasteiger partial charge in [0, 0.05) is 10.0 Å². The van der Waals surface area contributed by atoms with Crippen molar-refractivity contribution in [2.75, 3.05) is 0 Å². The van der Waals surface area contributed by atoms with Crippen molar-refractivity contribution in [1.29, 1.82) is 0 Å². The lowest BCUT2D eigenvalue weighted by molar-refractivity contribution is -0.112. The molecule has 0 bridgehead atoms. The van der Waals surface area contributed by atoms with Gasteiger partial charge in [0.15, 0.2) is 5.78 Å².